The van der Waals surface area contributed by atoms with E-state index < -0.39 is 0 Å². The van der Waals surface area contributed by atoms with Gasteiger partial charge in [-0.15, -0.1) is 11.3 Å². The Labute approximate surface area is 128 Å². The van der Waals surface area contributed by atoms with Crippen LogP contribution in [0.5, 0.6) is 0 Å². The third kappa shape index (κ3) is 3.26. The first kappa shape index (κ1) is 14.3. The van der Waals surface area contributed by atoms with Crippen molar-refractivity contribution in [1.29, 1.82) is 0 Å². The third-order valence-electron chi connectivity index (χ3n) is 2.59. The largest absolute Gasteiger partial charge is 0.271 e. The van der Waals surface area contributed by atoms with Crippen LogP contribution in [-0.2, 0) is 6.42 Å². The number of thiophene rings is 1. The molecule has 1 heterocycles. The maximum atomic E-state index is 6.18. The van der Waals surface area contributed by atoms with Crippen LogP contribution in [0.3, 0.4) is 0 Å². The van der Waals surface area contributed by atoms with Crippen molar-refractivity contribution in [2.45, 2.75) is 12.5 Å². The lowest BCUT2D eigenvalue weighted by molar-refractivity contribution is 0.560. The summed E-state index contributed by atoms with van der Waals surface area (Å²) in [7, 11) is 0. The summed E-state index contributed by atoms with van der Waals surface area (Å²) in [5.41, 5.74) is 3.80. The van der Waals surface area contributed by atoms with E-state index in [0.29, 0.717) is 16.5 Å². The first-order chi connectivity index (χ1) is 8.61. The molecule has 0 aliphatic heterocycles. The predicted molar refractivity (Wildman–Crippen MR) is 82.2 cm³/mol. The van der Waals surface area contributed by atoms with Crippen LogP contribution in [0.1, 0.15) is 16.5 Å². The zero-order chi connectivity index (χ0) is 13.1. The van der Waals surface area contributed by atoms with Crippen LogP contribution in [0.25, 0.3) is 0 Å². The molecule has 1 unspecified atom stereocenters. The van der Waals surface area contributed by atoms with E-state index in [2.05, 4.69) is 21.4 Å². The van der Waals surface area contributed by atoms with Crippen molar-refractivity contribution in [1.82, 2.24) is 5.43 Å². The maximum absolute atomic E-state index is 6.18. The lowest BCUT2D eigenvalue weighted by atomic mass is 10.1. The zero-order valence-corrected chi connectivity index (χ0v) is 13.2. The van der Waals surface area contributed by atoms with E-state index >= 15 is 0 Å². The summed E-state index contributed by atoms with van der Waals surface area (Å²) in [6.07, 6.45) is 0.697. The lowest BCUT2D eigenvalue weighted by Gasteiger charge is -2.15. The minimum Gasteiger partial charge on any atom is -0.271 e. The molecular weight excluding hydrogens is 355 g/mol. The van der Waals surface area contributed by atoms with E-state index in [1.165, 1.54) is 0 Å². The van der Waals surface area contributed by atoms with Gasteiger partial charge < -0.3 is 0 Å². The molecule has 0 saturated heterocycles. The second-order valence-electron chi connectivity index (χ2n) is 3.80. The summed E-state index contributed by atoms with van der Waals surface area (Å²) in [5, 5.41) is 3.19. The van der Waals surface area contributed by atoms with Gasteiger partial charge in [0.15, 0.2) is 0 Å². The predicted octanol–water partition coefficient (Wildman–Crippen LogP) is 4.56. The van der Waals surface area contributed by atoms with Crippen LogP contribution >= 0.6 is 50.5 Å². The highest BCUT2D eigenvalue weighted by molar-refractivity contribution is 9.10. The van der Waals surface area contributed by atoms with Crippen LogP contribution in [0.4, 0.5) is 0 Å². The van der Waals surface area contributed by atoms with Gasteiger partial charge in [-0.3, -0.25) is 11.3 Å². The fourth-order valence-electron chi connectivity index (χ4n) is 1.68. The molecule has 1 aromatic carbocycles. The Morgan fingerprint density at radius 1 is 1.39 bits per heavy atom. The van der Waals surface area contributed by atoms with Gasteiger partial charge in [0.1, 0.15) is 0 Å². The molecule has 0 aliphatic carbocycles. The fourth-order valence-corrected chi connectivity index (χ4v) is 3.58. The lowest BCUT2D eigenvalue weighted by Crippen LogP contribution is -2.29. The van der Waals surface area contributed by atoms with E-state index in [-0.39, 0.29) is 6.04 Å². The highest BCUT2D eigenvalue weighted by Crippen LogP contribution is 2.31. The van der Waals surface area contributed by atoms with E-state index in [9.17, 15) is 0 Å². The Morgan fingerprint density at radius 3 is 2.78 bits per heavy atom. The second kappa shape index (κ2) is 6.37. The summed E-state index contributed by atoms with van der Waals surface area (Å²) in [6, 6.07) is 7.70. The highest BCUT2D eigenvalue weighted by atomic mass is 79.9. The van der Waals surface area contributed by atoms with E-state index in [0.717, 1.165) is 14.9 Å². The quantitative estimate of drug-likeness (QED) is 0.615. The van der Waals surface area contributed by atoms with Crippen molar-refractivity contribution in [3.63, 3.8) is 0 Å². The summed E-state index contributed by atoms with van der Waals surface area (Å²) in [4.78, 5) is 1.15. The Hall–Kier alpha value is -0.100. The van der Waals surface area contributed by atoms with Gasteiger partial charge in [0, 0.05) is 14.7 Å². The maximum Gasteiger partial charge on any atom is 0.0625 e. The van der Waals surface area contributed by atoms with Gasteiger partial charge in [-0.05, 0) is 40.0 Å². The molecule has 1 atom stereocenters. The number of hydrazine groups is 1. The number of nitrogens with one attached hydrogen (secondary N) is 1. The van der Waals surface area contributed by atoms with Gasteiger partial charge in [-0.25, -0.2) is 0 Å². The van der Waals surface area contributed by atoms with Gasteiger partial charge in [0.2, 0.25) is 0 Å². The Morgan fingerprint density at radius 2 is 2.17 bits per heavy atom. The van der Waals surface area contributed by atoms with E-state index in [1.807, 2.05) is 23.6 Å². The van der Waals surface area contributed by atoms with Crippen LogP contribution in [-0.4, -0.2) is 0 Å². The number of halogens is 3. The molecule has 96 valence electrons. The Bertz CT molecular complexity index is 545. The van der Waals surface area contributed by atoms with Crippen LogP contribution in [0.15, 0.2) is 34.1 Å². The molecule has 2 rings (SSSR count). The average Bonchev–Trinajstić information content (AvgIpc) is 2.78. The molecule has 0 saturated carbocycles. The van der Waals surface area contributed by atoms with Gasteiger partial charge in [0.05, 0.1) is 16.1 Å². The monoisotopic (exact) mass is 364 g/mol. The van der Waals surface area contributed by atoms with Crippen LogP contribution in [0.2, 0.25) is 10.0 Å². The molecule has 2 nitrogen and oxygen atoms in total. The van der Waals surface area contributed by atoms with Crippen LogP contribution < -0.4 is 11.3 Å². The molecule has 0 bridgehead atoms. The number of benzene rings is 1. The molecule has 6 heteroatoms. The number of nitrogens with two attached hydrogens (primary N) is 1. The minimum absolute atomic E-state index is 0.0252. The number of hydrogen-bond donors (Lipinski definition) is 2. The molecule has 0 radical (unpaired) electrons. The minimum atomic E-state index is 0.0252. The summed E-state index contributed by atoms with van der Waals surface area (Å²) < 4.78 is 1.06. The number of hydrogen-bond acceptors (Lipinski definition) is 3. The fraction of sp³-hybridized carbons (Fsp3) is 0.167. The molecule has 18 heavy (non-hydrogen) atoms. The van der Waals surface area contributed by atoms with Crippen molar-refractivity contribution in [3.05, 3.63) is 54.6 Å². The first-order valence-electron chi connectivity index (χ1n) is 5.24. The molecular formula is C12H11BrCl2N2S. The van der Waals surface area contributed by atoms with Crippen molar-refractivity contribution in [3.8, 4) is 0 Å². The molecule has 1 aromatic heterocycles. The molecule has 0 spiro atoms. The van der Waals surface area contributed by atoms with Crippen molar-refractivity contribution in [2.24, 2.45) is 5.84 Å². The van der Waals surface area contributed by atoms with E-state index in [4.69, 9.17) is 29.0 Å². The van der Waals surface area contributed by atoms with Gasteiger partial charge >= 0.3 is 0 Å². The number of rotatable bonds is 4. The summed E-state index contributed by atoms with van der Waals surface area (Å²) >= 11 is 17.3. The van der Waals surface area contributed by atoms with Crippen molar-refractivity contribution in [2.75, 3.05) is 0 Å². The molecule has 0 fully saturated rings. The normalized spacial score (nSPS) is 12.7. The van der Waals surface area contributed by atoms with E-state index in [1.54, 1.807) is 17.4 Å². The second-order valence-corrected chi connectivity index (χ2v) is 6.45. The highest BCUT2D eigenvalue weighted by Gasteiger charge is 2.15. The first-order valence-corrected chi connectivity index (χ1v) is 7.67. The Balaban J connectivity index is 2.23. The topological polar surface area (TPSA) is 38.0 Å². The SMILES string of the molecule is NNC(Cc1cccc(Cl)c1Cl)c1cc(Br)cs1. The molecule has 0 aliphatic rings. The standard InChI is InChI=1S/C12H11BrCl2N2S/c13-8-5-11(18-6-8)10(17-16)4-7-2-1-3-9(14)12(7)15/h1-3,5-6,10,17H,4,16H2. The van der Waals surface area contributed by atoms with Gasteiger partial charge in [-0.2, -0.15) is 0 Å². The van der Waals surface area contributed by atoms with Crippen molar-refractivity contribution >= 4 is 50.5 Å². The molecule has 3 N–H and O–H groups in total. The summed E-state index contributed by atoms with van der Waals surface area (Å²) in [6.45, 7) is 0. The van der Waals surface area contributed by atoms with Crippen molar-refractivity contribution < 1.29 is 0 Å². The average molecular weight is 366 g/mol. The zero-order valence-electron chi connectivity index (χ0n) is 9.29. The smallest absolute Gasteiger partial charge is 0.0625 e. The molecule has 0 amide bonds. The summed E-state index contributed by atoms with van der Waals surface area (Å²) in [5.74, 6) is 5.62. The van der Waals surface area contributed by atoms with Crippen LogP contribution in [0, 0.1) is 0 Å². The van der Waals surface area contributed by atoms with Gasteiger partial charge in [-0.1, -0.05) is 35.3 Å². The molecule has 2 aromatic rings. The Kier molecular flexibility index (Phi) is 5.06. The third-order valence-corrected chi connectivity index (χ3v) is 5.25. The van der Waals surface area contributed by atoms with Gasteiger partial charge in [0.25, 0.3) is 0 Å².